The Hall–Kier alpha value is -2.87. The minimum atomic E-state index is -3.71. The summed E-state index contributed by atoms with van der Waals surface area (Å²) in [6.07, 6.45) is 0.954. The molecule has 27 heavy (non-hydrogen) atoms. The second-order valence-electron chi connectivity index (χ2n) is 6.01. The summed E-state index contributed by atoms with van der Waals surface area (Å²) in [7, 11) is -2.49. The zero-order chi connectivity index (χ0) is 20.0. The zero-order valence-electron chi connectivity index (χ0n) is 15.4. The van der Waals surface area contributed by atoms with Crippen LogP contribution in [-0.2, 0) is 19.6 Å². The van der Waals surface area contributed by atoms with Crippen LogP contribution in [0.2, 0.25) is 0 Å². The van der Waals surface area contributed by atoms with Gasteiger partial charge in [0.05, 0.1) is 24.6 Å². The van der Waals surface area contributed by atoms with E-state index in [0.29, 0.717) is 5.69 Å². The molecule has 0 radical (unpaired) electrons. The number of carbonyl (C=O) groups excluding carboxylic acids is 2. The van der Waals surface area contributed by atoms with E-state index in [1.807, 2.05) is 25.1 Å². The number of ether oxygens (including phenoxy) is 1. The van der Waals surface area contributed by atoms with Crippen LogP contribution in [0.25, 0.3) is 0 Å². The molecule has 2 rings (SSSR count). The van der Waals surface area contributed by atoms with Crippen molar-refractivity contribution < 1.29 is 22.7 Å². The first-order valence-electron chi connectivity index (χ1n) is 8.24. The maximum atomic E-state index is 12.3. The number of nitrogens with one attached hydrogen (secondary N) is 1. The summed E-state index contributed by atoms with van der Waals surface area (Å²) in [6, 6.07) is 13.5. The molecule has 2 aromatic carbocycles. The number of esters is 1. The monoisotopic (exact) mass is 390 g/mol. The lowest BCUT2D eigenvalue weighted by Crippen LogP contribution is -2.34. The number of hydrogen-bond donors (Lipinski definition) is 1. The third-order valence-electron chi connectivity index (χ3n) is 3.82. The highest BCUT2D eigenvalue weighted by Gasteiger charge is 2.24. The molecule has 0 spiro atoms. The molecule has 8 heteroatoms. The number of rotatable bonds is 7. The minimum Gasteiger partial charge on any atom is -0.465 e. The smallest absolute Gasteiger partial charge is 0.340 e. The molecule has 0 atom stereocenters. The van der Waals surface area contributed by atoms with E-state index in [0.717, 1.165) is 16.1 Å². The first-order valence-corrected chi connectivity index (χ1v) is 10.1. The molecule has 0 aromatic heterocycles. The van der Waals surface area contributed by atoms with Gasteiger partial charge in [0.25, 0.3) is 0 Å². The number of nitrogens with zero attached hydrogens (tertiary/aromatic N) is 1. The van der Waals surface area contributed by atoms with Crippen molar-refractivity contribution in [2.75, 3.05) is 29.5 Å². The van der Waals surface area contributed by atoms with Crippen LogP contribution in [0.15, 0.2) is 48.5 Å². The highest BCUT2D eigenvalue weighted by atomic mass is 32.2. The van der Waals surface area contributed by atoms with Gasteiger partial charge >= 0.3 is 5.97 Å². The molecule has 0 bridgehead atoms. The van der Waals surface area contributed by atoms with Crippen molar-refractivity contribution in [1.82, 2.24) is 0 Å². The van der Waals surface area contributed by atoms with Gasteiger partial charge < -0.3 is 10.1 Å². The van der Waals surface area contributed by atoms with Gasteiger partial charge in [-0.05, 0) is 36.8 Å². The summed E-state index contributed by atoms with van der Waals surface area (Å²) in [6.45, 7) is 1.80. The molecule has 0 unspecified atom stereocenters. The van der Waals surface area contributed by atoms with Crippen molar-refractivity contribution in [3.05, 3.63) is 59.7 Å². The van der Waals surface area contributed by atoms with Gasteiger partial charge in [-0.3, -0.25) is 9.10 Å². The quantitative estimate of drug-likeness (QED) is 0.734. The number of amides is 1. The second-order valence-corrected chi connectivity index (χ2v) is 7.92. The van der Waals surface area contributed by atoms with Gasteiger partial charge in [0.1, 0.15) is 0 Å². The van der Waals surface area contributed by atoms with E-state index in [1.54, 1.807) is 18.2 Å². The molecule has 0 aliphatic carbocycles. The number of anilines is 2. The van der Waals surface area contributed by atoms with Crippen LogP contribution in [0.3, 0.4) is 0 Å². The van der Waals surface area contributed by atoms with E-state index in [2.05, 4.69) is 5.32 Å². The standard InChI is InChI=1S/C19H22N2O5S/c1-14-7-6-8-15(13-14)20-18(22)11-12-21(27(3,24)25)17-10-5-4-9-16(17)19(23)26-2/h4-10,13H,11-12H2,1-3H3,(H,20,22). The second kappa shape index (κ2) is 8.68. The molecule has 1 N–H and O–H groups in total. The van der Waals surface area contributed by atoms with Gasteiger partial charge in [0.15, 0.2) is 0 Å². The Balaban J connectivity index is 2.19. The number of sulfonamides is 1. The Labute approximate surface area is 159 Å². The number of carbonyl (C=O) groups is 2. The summed E-state index contributed by atoms with van der Waals surface area (Å²) in [5, 5.41) is 2.74. The molecule has 0 saturated carbocycles. The highest BCUT2D eigenvalue weighted by molar-refractivity contribution is 7.92. The summed E-state index contributed by atoms with van der Waals surface area (Å²) in [5.41, 5.74) is 1.93. The first-order chi connectivity index (χ1) is 12.7. The van der Waals surface area contributed by atoms with Crippen LogP contribution >= 0.6 is 0 Å². The van der Waals surface area contributed by atoms with E-state index in [1.165, 1.54) is 19.2 Å². The van der Waals surface area contributed by atoms with Crippen LogP contribution in [0.5, 0.6) is 0 Å². The molecule has 2 aromatic rings. The first kappa shape index (κ1) is 20.4. The van der Waals surface area contributed by atoms with Crippen LogP contribution in [0.1, 0.15) is 22.3 Å². The van der Waals surface area contributed by atoms with Crippen molar-refractivity contribution >= 4 is 33.3 Å². The Morgan fingerprint density at radius 1 is 1.11 bits per heavy atom. The average Bonchev–Trinajstić information content (AvgIpc) is 2.60. The number of para-hydroxylation sites is 1. The van der Waals surface area contributed by atoms with Gasteiger partial charge in [-0.25, -0.2) is 13.2 Å². The molecular weight excluding hydrogens is 368 g/mol. The molecular formula is C19H22N2O5S. The SMILES string of the molecule is COC(=O)c1ccccc1N(CCC(=O)Nc1cccc(C)c1)S(C)(=O)=O. The number of hydrogen-bond acceptors (Lipinski definition) is 5. The summed E-state index contributed by atoms with van der Waals surface area (Å²) in [5.74, 6) is -0.978. The Morgan fingerprint density at radius 3 is 2.44 bits per heavy atom. The third-order valence-corrected chi connectivity index (χ3v) is 5.00. The predicted octanol–water partition coefficient (Wildman–Crippen LogP) is 2.58. The van der Waals surface area contributed by atoms with Crippen molar-refractivity contribution in [2.24, 2.45) is 0 Å². The molecule has 0 saturated heterocycles. The Morgan fingerprint density at radius 2 is 1.81 bits per heavy atom. The van der Waals surface area contributed by atoms with Gasteiger partial charge in [-0.2, -0.15) is 0 Å². The summed E-state index contributed by atoms with van der Waals surface area (Å²) >= 11 is 0. The third kappa shape index (κ3) is 5.55. The van der Waals surface area contributed by atoms with Crippen molar-refractivity contribution in [2.45, 2.75) is 13.3 Å². The fourth-order valence-corrected chi connectivity index (χ4v) is 3.53. The van der Waals surface area contributed by atoms with Gasteiger partial charge in [-0.1, -0.05) is 24.3 Å². The molecule has 0 heterocycles. The number of aryl methyl sites for hydroxylation is 1. The van der Waals surface area contributed by atoms with E-state index < -0.39 is 16.0 Å². The molecule has 7 nitrogen and oxygen atoms in total. The summed E-state index contributed by atoms with van der Waals surface area (Å²) < 4.78 is 30.3. The normalized spacial score (nSPS) is 10.9. The fourth-order valence-electron chi connectivity index (χ4n) is 2.59. The van der Waals surface area contributed by atoms with Gasteiger partial charge in [-0.15, -0.1) is 0 Å². The largest absolute Gasteiger partial charge is 0.465 e. The zero-order valence-corrected chi connectivity index (χ0v) is 16.2. The van der Waals surface area contributed by atoms with Crippen LogP contribution in [-0.4, -0.2) is 40.2 Å². The Kier molecular flexibility index (Phi) is 6.57. The maximum absolute atomic E-state index is 12.3. The molecule has 0 aliphatic rings. The molecule has 0 aliphatic heterocycles. The summed E-state index contributed by atoms with van der Waals surface area (Å²) in [4.78, 5) is 24.2. The molecule has 0 fully saturated rings. The fraction of sp³-hybridized carbons (Fsp3) is 0.263. The Bertz CT molecular complexity index is 941. The number of benzene rings is 2. The lowest BCUT2D eigenvalue weighted by molar-refractivity contribution is -0.116. The van der Waals surface area contributed by atoms with Crippen LogP contribution in [0, 0.1) is 6.92 Å². The van der Waals surface area contributed by atoms with E-state index in [-0.39, 0.29) is 30.1 Å². The van der Waals surface area contributed by atoms with Gasteiger partial charge in [0, 0.05) is 18.7 Å². The van der Waals surface area contributed by atoms with Crippen LogP contribution in [0.4, 0.5) is 11.4 Å². The topological polar surface area (TPSA) is 92.8 Å². The van der Waals surface area contributed by atoms with E-state index >= 15 is 0 Å². The number of methoxy groups -OCH3 is 1. The minimum absolute atomic E-state index is 0.0729. The van der Waals surface area contributed by atoms with E-state index in [4.69, 9.17) is 4.74 Å². The molecule has 1 amide bonds. The van der Waals surface area contributed by atoms with Crippen LogP contribution < -0.4 is 9.62 Å². The van der Waals surface area contributed by atoms with Crippen molar-refractivity contribution in [3.63, 3.8) is 0 Å². The lowest BCUT2D eigenvalue weighted by atomic mass is 10.1. The predicted molar refractivity (Wildman–Crippen MR) is 104 cm³/mol. The lowest BCUT2D eigenvalue weighted by Gasteiger charge is -2.24. The van der Waals surface area contributed by atoms with Gasteiger partial charge in [0.2, 0.25) is 15.9 Å². The van der Waals surface area contributed by atoms with E-state index in [9.17, 15) is 18.0 Å². The molecule has 144 valence electrons. The average molecular weight is 390 g/mol. The maximum Gasteiger partial charge on any atom is 0.340 e. The van der Waals surface area contributed by atoms with Crippen molar-refractivity contribution in [1.29, 1.82) is 0 Å². The van der Waals surface area contributed by atoms with Crippen molar-refractivity contribution in [3.8, 4) is 0 Å². The highest BCUT2D eigenvalue weighted by Crippen LogP contribution is 2.24.